The van der Waals surface area contributed by atoms with Gasteiger partial charge in [-0.05, 0) is 30.7 Å². The van der Waals surface area contributed by atoms with E-state index in [2.05, 4.69) is 0 Å². The van der Waals surface area contributed by atoms with Crippen molar-refractivity contribution in [3.63, 3.8) is 0 Å². The van der Waals surface area contributed by atoms with E-state index in [0.717, 1.165) is 22.9 Å². The molecule has 0 fully saturated rings. The first-order valence-corrected chi connectivity index (χ1v) is 7.37. The number of halogens is 3. The molecule has 21 heavy (non-hydrogen) atoms. The molecule has 5 heteroatoms. The van der Waals surface area contributed by atoms with Crippen LogP contribution in [0.4, 0.5) is 0 Å². The Labute approximate surface area is 136 Å². The molecule has 2 heterocycles. The number of aromatic nitrogens is 1. The summed E-state index contributed by atoms with van der Waals surface area (Å²) < 4.78 is 1.84. The minimum Gasteiger partial charge on any atom is -0.313 e. The number of nitrogens with zero attached hydrogens (tertiary/aromatic N) is 1. The van der Waals surface area contributed by atoms with Gasteiger partial charge in [0.1, 0.15) is 0 Å². The van der Waals surface area contributed by atoms with Gasteiger partial charge in [-0.15, -0.1) is 0 Å². The van der Waals surface area contributed by atoms with Crippen LogP contribution in [0.15, 0.2) is 36.5 Å². The van der Waals surface area contributed by atoms with Crippen LogP contribution in [0.3, 0.4) is 0 Å². The molecule has 106 valence electrons. The predicted octanol–water partition coefficient (Wildman–Crippen LogP) is 5.69. The second-order valence-electron chi connectivity index (χ2n) is 4.79. The largest absolute Gasteiger partial charge is 0.313 e. The number of rotatable bonds is 2. The number of carbonyl (C=O) groups excluding carboxylic acids is 1. The van der Waals surface area contributed by atoms with E-state index in [1.165, 1.54) is 0 Å². The number of benzene rings is 1. The summed E-state index contributed by atoms with van der Waals surface area (Å²) in [4.78, 5) is 11.5. The number of pyridine rings is 1. The molecule has 0 aliphatic carbocycles. The summed E-state index contributed by atoms with van der Waals surface area (Å²) in [7, 11) is 0. The summed E-state index contributed by atoms with van der Waals surface area (Å²) in [5, 5.41) is 1.02. The van der Waals surface area contributed by atoms with Crippen molar-refractivity contribution >= 4 is 46.6 Å². The van der Waals surface area contributed by atoms with Gasteiger partial charge < -0.3 is 4.40 Å². The maximum atomic E-state index is 11.5. The molecule has 0 N–H and O–H groups in total. The van der Waals surface area contributed by atoms with Crippen molar-refractivity contribution in [3.8, 4) is 11.1 Å². The Hall–Kier alpha value is -1.48. The molecule has 3 rings (SSSR count). The van der Waals surface area contributed by atoms with Gasteiger partial charge in [-0.1, -0.05) is 46.9 Å². The highest BCUT2D eigenvalue weighted by molar-refractivity contribution is 6.49. The Morgan fingerprint density at radius 1 is 1.00 bits per heavy atom. The maximum absolute atomic E-state index is 11.5. The van der Waals surface area contributed by atoms with Crippen LogP contribution >= 0.6 is 34.8 Å². The van der Waals surface area contributed by atoms with Crippen molar-refractivity contribution in [2.24, 2.45) is 0 Å². The first kappa shape index (κ1) is 14.5. The highest BCUT2D eigenvalue weighted by Gasteiger charge is 2.17. The third-order valence-corrected chi connectivity index (χ3v) is 4.69. The van der Waals surface area contributed by atoms with Crippen LogP contribution in [0.25, 0.3) is 16.6 Å². The molecule has 0 saturated carbocycles. The van der Waals surface area contributed by atoms with Gasteiger partial charge in [0, 0.05) is 22.8 Å². The number of hydrogen-bond donors (Lipinski definition) is 0. The molecule has 1 aromatic carbocycles. The van der Waals surface area contributed by atoms with Crippen LogP contribution in [0, 0.1) is 6.92 Å². The zero-order valence-electron chi connectivity index (χ0n) is 11.0. The second kappa shape index (κ2) is 5.38. The maximum Gasteiger partial charge on any atom is 0.167 e. The van der Waals surface area contributed by atoms with E-state index in [1.54, 1.807) is 12.1 Å². The average molecular weight is 339 g/mol. The van der Waals surface area contributed by atoms with Crippen molar-refractivity contribution in [3.05, 3.63) is 62.9 Å². The van der Waals surface area contributed by atoms with Crippen molar-refractivity contribution in [1.82, 2.24) is 4.40 Å². The Kier molecular flexibility index (Phi) is 3.70. The van der Waals surface area contributed by atoms with E-state index in [1.807, 2.05) is 35.7 Å². The Bertz CT molecular complexity index is 868. The van der Waals surface area contributed by atoms with E-state index < -0.39 is 0 Å². The van der Waals surface area contributed by atoms with Crippen LogP contribution in [-0.2, 0) is 0 Å². The average Bonchev–Trinajstić information content (AvgIpc) is 2.82. The van der Waals surface area contributed by atoms with Crippen molar-refractivity contribution in [1.29, 1.82) is 0 Å². The number of carbonyl (C=O) groups is 1. The summed E-state index contributed by atoms with van der Waals surface area (Å²) >= 11 is 18.3. The molecule has 2 aromatic heterocycles. The van der Waals surface area contributed by atoms with Gasteiger partial charge in [0.15, 0.2) is 6.29 Å². The highest BCUT2D eigenvalue weighted by atomic mass is 35.5. The third kappa shape index (κ3) is 2.34. The lowest BCUT2D eigenvalue weighted by molar-refractivity contribution is 0.111. The van der Waals surface area contributed by atoms with Crippen LogP contribution in [0.1, 0.15) is 16.1 Å². The lowest BCUT2D eigenvalue weighted by Crippen LogP contribution is -1.93. The molecule has 0 atom stereocenters. The summed E-state index contributed by atoms with van der Waals surface area (Å²) in [6, 6.07) is 9.30. The molecule has 0 radical (unpaired) electrons. The fourth-order valence-electron chi connectivity index (χ4n) is 2.37. The predicted molar refractivity (Wildman–Crippen MR) is 88.0 cm³/mol. The van der Waals surface area contributed by atoms with Crippen LogP contribution in [0.2, 0.25) is 15.1 Å². The summed E-state index contributed by atoms with van der Waals surface area (Å²) in [6.45, 7) is 1.97. The standard InChI is InChI=1S/C16H10Cl3NO/c1-9-2-3-10-6-12(14(8-21)20(10)7-9)11-4-5-13(17)16(19)15(11)18/h2-8H,1H3. The topological polar surface area (TPSA) is 21.5 Å². The zero-order chi connectivity index (χ0) is 15.1. The molecule has 2 nitrogen and oxygen atoms in total. The van der Waals surface area contributed by atoms with Crippen LogP contribution < -0.4 is 0 Å². The number of hydrogen-bond acceptors (Lipinski definition) is 1. The Balaban J connectivity index is 2.35. The molecule has 0 saturated heterocycles. The fourth-order valence-corrected chi connectivity index (χ4v) is 3.00. The normalized spacial score (nSPS) is 11.0. The quantitative estimate of drug-likeness (QED) is 0.434. The Morgan fingerprint density at radius 2 is 1.76 bits per heavy atom. The monoisotopic (exact) mass is 337 g/mol. The van der Waals surface area contributed by atoms with E-state index in [9.17, 15) is 4.79 Å². The van der Waals surface area contributed by atoms with Gasteiger partial charge in [-0.2, -0.15) is 0 Å². The Morgan fingerprint density at radius 3 is 2.48 bits per heavy atom. The minimum atomic E-state index is 0.291. The van der Waals surface area contributed by atoms with Crippen molar-refractivity contribution in [2.45, 2.75) is 6.92 Å². The number of aldehydes is 1. The molecule has 0 aliphatic heterocycles. The van der Waals surface area contributed by atoms with E-state index in [4.69, 9.17) is 34.8 Å². The van der Waals surface area contributed by atoms with Gasteiger partial charge in [-0.25, -0.2) is 0 Å². The summed E-state index contributed by atoms with van der Waals surface area (Å²) in [6.07, 6.45) is 2.73. The first-order valence-electron chi connectivity index (χ1n) is 6.23. The smallest absolute Gasteiger partial charge is 0.167 e. The fraction of sp³-hybridized carbons (Fsp3) is 0.0625. The summed E-state index contributed by atoms with van der Waals surface area (Å²) in [5.74, 6) is 0. The highest BCUT2D eigenvalue weighted by Crippen LogP contribution is 2.39. The van der Waals surface area contributed by atoms with Crippen molar-refractivity contribution in [2.75, 3.05) is 0 Å². The molecular formula is C16H10Cl3NO. The van der Waals surface area contributed by atoms with E-state index in [0.29, 0.717) is 26.3 Å². The lowest BCUT2D eigenvalue weighted by atomic mass is 10.1. The van der Waals surface area contributed by atoms with Gasteiger partial charge in [-0.3, -0.25) is 4.79 Å². The molecule has 3 aromatic rings. The van der Waals surface area contributed by atoms with E-state index >= 15 is 0 Å². The van der Waals surface area contributed by atoms with Crippen LogP contribution in [0.5, 0.6) is 0 Å². The molecule has 0 unspecified atom stereocenters. The molecular weight excluding hydrogens is 329 g/mol. The number of fused-ring (bicyclic) bond motifs is 1. The molecule has 0 bridgehead atoms. The zero-order valence-corrected chi connectivity index (χ0v) is 13.3. The first-order chi connectivity index (χ1) is 10.0. The SMILES string of the molecule is Cc1ccc2cc(-c3ccc(Cl)c(Cl)c3Cl)c(C=O)n2c1. The lowest BCUT2D eigenvalue weighted by Gasteiger charge is -2.07. The molecule has 0 aliphatic rings. The molecule has 0 spiro atoms. The summed E-state index contributed by atoms with van der Waals surface area (Å²) in [5.41, 5.74) is 3.94. The van der Waals surface area contributed by atoms with Gasteiger partial charge >= 0.3 is 0 Å². The third-order valence-electron chi connectivity index (χ3n) is 3.39. The van der Waals surface area contributed by atoms with Gasteiger partial charge in [0.25, 0.3) is 0 Å². The van der Waals surface area contributed by atoms with Gasteiger partial charge in [0.05, 0.1) is 20.8 Å². The van der Waals surface area contributed by atoms with Crippen LogP contribution in [-0.4, -0.2) is 10.7 Å². The minimum absolute atomic E-state index is 0.291. The second-order valence-corrected chi connectivity index (χ2v) is 5.95. The van der Waals surface area contributed by atoms with E-state index in [-0.39, 0.29) is 0 Å². The number of aryl methyl sites for hydroxylation is 1. The van der Waals surface area contributed by atoms with Crippen molar-refractivity contribution < 1.29 is 4.79 Å². The van der Waals surface area contributed by atoms with Gasteiger partial charge in [0.2, 0.25) is 0 Å². The molecule has 0 amide bonds.